The number of rotatable bonds is 5. The molecule has 0 atom stereocenters. The Morgan fingerprint density at radius 2 is 0.921 bits per heavy atom. The summed E-state index contributed by atoms with van der Waals surface area (Å²) in [5, 5.41) is 2.19. The number of nitrogens with zero attached hydrogens (tertiary/aromatic N) is 1. The zero-order chi connectivity index (χ0) is 25.5. The summed E-state index contributed by atoms with van der Waals surface area (Å²) in [6.07, 6.45) is 0. The first-order chi connectivity index (χ1) is 18.7. The quantitative estimate of drug-likeness (QED) is 0.211. The summed E-state index contributed by atoms with van der Waals surface area (Å²) in [6.45, 7) is 0. The Morgan fingerprint density at radius 1 is 0.447 bits per heavy atom. The summed E-state index contributed by atoms with van der Waals surface area (Å²) < 4.78 is 13.4. The highest BCUT2D eigenvalue weighted by atomic mass is 79.9. The van der Waals surface area contributed by atoms with Gasteiger partial charge < -0.3 is 13.7 Å². The van der Waals surface area contributed by atoms with Crippen molar-refractivity contribution < 1.29 is 8.83 Å². The average molecular weight is 556 g/mol. The molecule has 0 radical (unpaired) electrons. The standard InChI is InChI=1S/C34H22BrNO2/c35-27-12-7-15-30(22-27)36(28-13-5-10-23(18-28)33-20-25-8-1-3-16-31(25)37-33)29-14-6-11-24(19-29)34-21-26-9-2-4-17-32(26)38-34/h1-22H. The number of fused-ring (bicyclic) bond motifs is 2. The van der Waals surface area contributed by atoms with Crippen LogP contribution in [0.2, 0.25) is 0 Å². The van der Waals surface area contributed by atoms with Gasteiger partial charge in [-0.15, -0.1) is 0 Å². The minimum absolute atomic E-state index is 0.846. The van der Waals surface area contributed by atoms with Gasteiger partial charge in [0.25, 0.3) is 0 Å². The molecular formula is C34H22BrNO2. The Labute approximate surface area is 228 Å². The van der Waals surface area contributed by atoms with E-state index in [1.807, 2.05) is 42.5 Å². The lowest BCUT2D eigenvalue weighted by Crippen LogP contribution is -2.10. The number of anilines is 3. The third-order valence-corrected chi connectivity index (χ3v) is 7.19. The number of furan rings is 2. The molecule has 182 valence electrons. The normalized spacial score (nSPS) is 11.3. The van der Waals surface area contributed by atoms with Crippen LogP contribution in [0.3, 0.4) is 0 Å². The molecule has 0 saturated heterocycles. The molecule has 0 unspecified atom stereocenters. The van der Waals surface area contributed by atoms with E-state index in [-0.39, 0.29) is 0 Å². The van der Waals surface area contributed by atoms with E-state index in [1.54, 1.807) is 0 Å². The monoisotopic (exact) mass is 555 g/mol. The van der Waals surface area contributed by atoms with Crippen LogP contribution in [0.1, 0.15) is 0 Å². The van der Waals surface area contributed by atoms with E-state index in [9.17, 15) is 0 Å². The van der Waals surface area contributed by atoms with Crippen LogP contribution in [0.15, 0.2) is 147 Å². The van der Waals surface area contributed by atoms with Gasteiger partial charge >= 0.3 is 0 Å². The van der Waals surface area contributed by atoms with E-state index in [1.165, 1.54) is 0 Å². The summed E-state index contributed by atoms with van der Waals surface area (Å²) in [5.41, 5.74) is 6.92. The Morgan fingerprint density at radius 3 is 1.42 bits per heavy atom. The largest absolute Gasteiger partial charge is 0.456 e. The second-order valence-electron chi connectivity index (χ2n) is 9.21. The zero-order valence-electron chi connectivity index (χ0n) is 20.3. The molecule has 0 fully saturated rings. The third-order valence-electron chi connectivity index (χ3n) is 6.70. The SMILES string of the molecule is Brc1cccc(N(c2cccc(-c3cc4ccccc4o3)c2)c2cccc(-c3cc4ccccc4o3)c2)c1. The summed E-state index contributed by atoms with van der Waals surface area (Å²) in [7, 11) is 0. The molecule has 0 saturated carbocycles. The van der Waals surface area contributed by atoms with Crippen molar-refractivity contribution in [1.29, 1.82) is 0 Å². The van der Waals surface area contributed by atoms with Crippen LogP contribution in [0, 0.1) is 0 Å². The molecule has 0 spiro atoms. The fourth-order valence-electron chi connectivity index (χ4n) is 4.91. The van der Waals surface area contributed by atoms with Crippen LogP contribution < -0.4 is 4.90 Å². The molecule has 3 nitrogen and oxygen atoms in total. The fraction of sp³-hybridized carbons (Fsp3) is 0. The van der Waals surface area contributed by atoms with Crippen molar-refractivity contribution in [2.75, 3.05) is 4.90 Å². The van der Waals surface area contributed by atoms with Crippen LogP contribution in [0.4, 0.5) is 17.1 Å². The van der Waals surface area contributed by atoms with E-state index in [0.29, 0.717) is 0 Å². The van der Waals surface area contributed by atoms with Crippen molar-refractivity contribution >= 4 is 54.9 Å². The molecule has 2 aromatic heterocycles. The maximum absolute atomic E-state index is 6.19. The number of hydrogen-bond donors (Lipinski definition) is 0. The first-order valence-electron chi connectivity index (χ1n) is 12.4. The maximum Gasteiger partial charge on any atom is 0.135 e. The second kappa shape index (κ2) is 9.40. The molecule has 4 heteroatoms. The van der Waals surface area contributed by atoms with Crippen LogP contribution in [0.25, 0.3) is 44.6 Å². The van der Waals surface area contributed by atoms with Crippen molar-refractivity contribution in [2.45, 2.75) is 0 Å². The zero-order valence-corrected chi connectivity index (χ0v) is 21.9. The van der Waals surface area contributed by atoms with Gasteiger partial charge in [0.05, 0.1) is 0 Å². The molecule has 2 heterocycles. The van der Waals surface area contributed by atoms with E-state index in [0.717, 1.165) is 66.1 Å². The van der Waals surface area contributed by atoms with Gasteiger partial charge in [0.15, 0.2) is 0 Å². The molecule has 0 bridgehead atoms. The molecule has 0 N–H and O–H groups in total. The van der Waals surface area contributed by atoms with Crippen molar-refractivity contribution in [3.05, 3.63) is 138 Å². The van der Waals surface area contributed by atoms with E-state index >= 15 is 0 Å². The van der Waals surface area contributed by atoms with Crippen molar-refractivity contribution in [3.63, 3.8) is 0 Å². The highest BCUT2D eigenvalue weighted by Crippen LogP contribution is 2.40. The lowest BCUT2D eigenvalue weighted by atomic mass is 10.1. The Bertz CT molecular complexity index is 1730. The Kier molecular flexibility index (Phi) is 5.60. The van der Waals surface area contributed by atoms with Crippen molar-refractivity contribution in [2.24, 2.45) is 0 Å². The van der Waals surface area contributed by atoms with E-state index in [4.69, 9.17) is 8.83 Å². The van der Waals surface area contributed by atoms with Gasteiger partial charge in [-0.1, -0.05) is 82.7 Å². The Balaban J connectivity index is 1.36. The Hall–Kier alpha value is -4.54. The minimum Gasteiger partial charge on any atom is -0.456 e. The molecule has 0 amide bonds. The van der Waals surface area contributed by atoms with Gasteiger partial charge in [-0.3, -0.25) is 0 Å². The second-order valence-corrected chi connectivity index (χ2v) is 10.1. The molecule has 7 aromatic rings. The van der Waals surface area contributed by atoms with Gasteiger partial charge in [-0.05, 0) is 66.7 Å². The predicted molar refractivity (Wildman–Crippen MR) is 159 cm³/mol. The molecule has 38 heavy (non-hydrogen) atoms. The smallest absolute Gasteiger partial charge is 0.135 e. The number of para-hydroxylation sites is 2. The van der Waals surface area contributed by atoms with Crippen LogP contribution in [-0.2, 0) is 0 Å². The number of halogens is 1. The summed E-state index contributed by atoms with van der Waals surface area (Å²) in [5.74, 6) is 1.69. The summed E-state index contributed by atoms with van der Waals surface area (Å²) in [4.78, 5) is 2.25. The van der Waals surface area contributed by atoms with Crippen LogP contribution >= 0.6 is 15.9 Å². The highest BCUT2D eigenvalue weighted by molar-refractivity contribution is 9.10. The number of hydrogen-bond acceptors (Lipinski definition) is 3. The van der Waals surface area contributed by atoms with Gasteiger partial charge in [-0.25, -0.2) is 0 Å². The number of benzene rings is 5. The van der Waals surface area contributed by atoms with Crippen LogP contribution in [-0.4, -0.2) is 0 Å². The first-order valence-corrected chi connectivity index (χ1v) is 13.2. The minimum atomic E-state index is 0.846. The predicted octanol–water partition coefficient (Wildman–Crippen LogP) is 10.7. The maximum atomic E-state index is 6.19. The molecule has 7 rings (SSSR count). The topological polar surface area (TPSA) is 29.5 Å². The third kappa shape index (κ3) is 4.19. The molecule has 0 aliphatic heterocycles. The fourth-order valence-corrected chi connectivity index (χ4v) is 5.29. The van der Waals surface area contributed by atoms with Gasteiger partial charge in [0, 0.05) is 43.4 Å². The lowest BCUT2D eigenvalue weighted by Gasteiger charge is -2.26. The molecule has 0 aliphatic rings. The molecule has 5 aromatic carbocycles. The van der Waals surface area contributed by atoms with Crippen LogP contribution in [0.5, 0.6) is 0 Å². The van der Waals surface area contributed by atoms with Gasteiger partial charge in [0.1, 0.15) is 22.7 Å². The van der Waals surface area contributed by atoms with E-state index in [2.05, 4.69) is 112 Å². The lowest BCUT2D eigenvalue weighted by molar-refractivity contribution is 0.631. The average Bonchev–Trinajstić information content (AvgIpc) is 3.59. The molecule has 0 aliphatic carbocycles. The first kappa shape index (κ1) is 22.6. The summed E-state index contributed by atoms with van der Waals surface area (Å²) in [6, 6.07) is 45.7. The van der Waals surface area contributed by atoms with Crippen molar-refractivity contribution in [3.8, 4) is 22.6 Å². The molecular weight excluding hydrogens is 534 g/mol. The van der Waals surface area contributed by atoms with Crippen molar-refractivity contribution in [1.82, 2.24) is 0 Å². The summed E-state index contributed by atoms with van der Waals surface area (Å²) >= 11 is 3.66. The highest BCUT2D eigenvalue weighted by Gasteiger charge is 2.16. The van der Waals surface area contributed by atoms with Gasteiger partial charge in [-0.2, -0.15) is 0 Å². The van der Waals surface area contributed by atoms with Gasteiger partial charge in [0.2, 0.25) is 0 Å². The van der Waals surface area contributed by atoms with E-state index < -0.39 is 0 Å².